The molecule has 2 bridgehead atoms. The molecule has 11 nitrogen and oxygen atoms in total. The first-order valence-electron chi connectivity index (χ1n) is 14.0. The van der Waals surface area contributed by atoms with Crippen molar-refractivity contribution in [1.82, 2.24) is 29.4 Å². The summed E-state index contributed by atoms with van der Waals surface area (Å²) in [5.74, 6) is 1.73. The number of amides is 1. The SMILES string of the molecule is N#Cc1cnn2cc(OCCN3CCCC3=O)cc(-c3ccc(N4CC5CC(C4)N5Cc4ccc(=O)[nH]c4)nc3)c12. The molecule has 4 aliphatic heterocycles. The van der Waals surface area contributed by atoms with Crippen molar-refractivity contribution in [3.63, 3.8) is 0 Å². The molecule has 0 aromatic carbocycles. The number of hydrogen-bond acceptors (Lipinski definition) is 8. The second kappa shape index (κ2) is 10.4. The first-order chi connectivity index (χ1) is 20.1. The van der Waals surface area contributed by atoms with Crippen molar-refractivity contribution in [2.24, 2.45) is 0 Å². The molecule has 0 spiro atoms. The van der Waals surface area contributed by atoms with E-state index in [2.05, 4.69) is 26.0 Å². The molecule has 11 heteroatoms. The van der Waals surface area contributed by atoms with Gasteiger partial charge in [0.15, 0.2) is 0 Å². The predicted octanol–water partition coefficient (Wildman–Crippen LogP) is 2.42. The Morgan fingerprint density at radius 3 is 2.71 bits per heavy atom. The van der Waals surface area contributed by atoms with E-state index in [4.69, 9.17) is 9.72 Å². The van der Waals surface area contributed by atoms with Gasteiger partial charge in [-0.15, -0.1) is 0 Å². The third-order valence-electron chi connectivity index (χ3n) is 8.45. The minimum absolute atomic E-state index is 0.0782. The van der Waals surface area contributed by atoms with Crippen molar-refractivity contribution in [1.29, 1.82) is 5.26 Å². The Bertz CT molecular complexity index is 1670. The summed E-state index contributed by atoms with van der Waals surface area (Å²) in [6.07, 6.45) is 9.67. The van der Waals surface area contributed by atoms with Crippen molar-refractivity contribution in [2.75, 3.05) is 37.7 Å². The van der Waals surface area contributed by atoms with E-state index in [9.17, 15) is 14.9 Å². The number of aromatic nitrogens is 4. The van der Waals surface area contributed by atoms with Crippen molar-refractivity contribution in [3.8, 4) is 22.9 Å². The van der Waals surface area contributed by atoms with Crippen LogP contribution in [-0.2, 0) is 11.3 Å². The number of nitrogens with zero attached hydrogens (tertiary/aromatic N) is 7. The Morgan fingerprint density at radius 1 is 1.12 bits per heavy atom. The fourth-order valence-electron chi connectivity index (χ4n) is 6.31. The number of aromatic amines is 1. The van der Waals surface area contributed by atoms with Gasteiger partial charge in [0.25, 0.3) is 0 Å². The van der Waals surface area contributed by atoms with E-state index >= 15 is 0 Å². The normalized spacial score (nSPS) is 20.3. The summed E-state index contributed by atoms with van der Waals surface area (Å²) in [7, 11) is 0. The minimum atomic E-state index is -0.0782. The molecule has 4 aromatic heterocycles. The molecule has 4 fully saturated rings. The monoisotopic (exact) mass is 550 g/mol. The lowest BCUT2D eigenvalue weighted by Gasteiger charge is -2.56. The number of anilines is 1. The molecule has 8 heterocycles. The number of likely N-dealkylation sites (tertiary alicyclic amines) is 1. The van der Waals surface area contributed by atoms with Crippen molar-refractivity contribution in [2.45, 2.75) is 37.9 Å². The molecule has 41 heavy (non-hydrogen) atoms. The van der Waals surface area contributed by atoms with Gasteiger partial charge in [-0.05, 0) is 36.6 Å². The third kappa shape index (κ3) is 4.80. The quantitative estimate of drug-likeness (QED) is 0.355. The molecule has 2 unspecified atom stereocenters. The van der Waals surface area contributed by atoms with Gasteiger partial charge in [0.2, 0.25) is 11.5 Å². The maximum Gasteiger partial charge on any atom is 0.247 e. The average molecular weight is 551 g/mol. The fourth-order valence-corrected chi connectivity index (χ4v) is 6.31. The fraction of sp³-hybridized carbons (Fsp3) is 0.367. The Labute approximate surface area is 236 Å². The van der Waals surface area contributed by atoms with Crippen LogP contribution in [0.25, 0.3) is 16.6 Å². The summed E-state index contributed by atoms with van der Waals surface area (Å²) in [6, 6.07) is 12.6. The molecule has 1 N–H and O–H groups in total. The largest absolute Gasteiger partial charge is 0.490 e. The molecule has 0 radical (unpaired) electrons. The predicted molar refractivity (Wildman–Crippen MR) is 151 cm³/mol. The Morgan fingerprint density at radius 2 is 2.00 bits per heavy atom. The number of pyridine rings is 3. The molecule has 4 saturated heterocycles. The molecule has 8 rings (SSSR count). The highest BCUT2D eigenvalue weighted by Crippen LogP contribution is 2.36. The van der Waals surface area contributed by atoms with Crippen molar-refractivity contribution >= 4 is 17.2 Å². The summed E-state index contributed by atoms with van der Waals surface area (Å²) in [5, 5.41) is 14.1. The molecular weight excluding hydrogens is 520 g/mol. The molecule has 0 saturated carbocycles. The van der Waals surface area contributed by atoms with Gasteiger partial charge in [0, 0.05) is 74.3 Å². The van der Waals surface area contributed by atoms with Crippen LogP contribution in [0.4, 0.5) is 5.82 Å². The Kier molecular flexibility index (Phi) is 6.40. The molecular formula is C30H30N8O3. The van der Waals surface area contributed by atoms with Gasteiger partial charge in [-0.2, -0.15) is 10.4 Å². The summed E-state index contributed by atoms with van der Waals surface area (Å²) < 4.78 is 7.71. The van der Waals surface area contributed by atoms with Gasteiger partial charge in [-0.1, -0.05) is 6.07 Å². The van der Waals surface area contributed by atoms with Crippen LogP contribution in [0.1, 0.15) is 30.4 Å². The zero-order valence-corrected chi connectivity index (χ0v) is 22.6. The molecule has 2 atom stereocenters. The van der Waals surface area contributed by atoms with Crippen LogP contribution in [-0.4, -0.2) is 80.2 Å². The van der Waals surface area contributed by atoms with Crippen LogP contribution in [0.5, 0.6) is 5.75 Å². The molecule has 208 valence electrons. The maximum atomic E-state index is 11.9. The van der Waals surface area contributed by atoms with Crippen LogP contribution in [0, 0.1) is 11.3 Å². The number of carbonyl (C=O) groups is 1. The van der Waals surface area contributed by atoms with E-state index < -0.39 is 0 Å². The van der Waals surface area contributed by atoms with E-state index in [-0.39, 0.29) is 11.5 Å². The van der Waals surface area contributed by atoms with Crippen LogP contribution in [0.2, 0.25) is 0 Å². The highest BCUT2D eigenvalue weighted by Gasteiger charge is 2.44. The van der Waals surface area contributed by atoms with Gasteiger partial charge in [-0.25, -0.2) is 9.50 Å². The molecule has 0 aliphatic carbocycles. The lowest BCUT2D eigenvalue weighted by Crippen LogP contribution is -2.68. The number of ether oxygens (including phenoxy) is 1. The van der Waals surface area contributed by atoms with E-state index in [0.717, 1.165) is 55.1 Å². The van der Waals surface area contributed by atoms with E-state index in [0.29, 0.717) is 48.5 Å². The first kappa shape index (κ1) is 25.3. The highest BCUT2D eigenvalue weighted by atomic mass is 16.5. The first-order valence-corrected chi connectivity index (χ1v) is 14.0. The maximum absolute atomic E-state index is 11.9. The van der Waals surface area contributed by atoms with Gasteiger partial charge < -0.3 is 19.5 Å². The standard InChI is InChI=1S/C30H30N8O3/c31-12-22-15-34-38-19-25(41-9-8-35-7-1-2-29(35)40)11-26(30(22)38)21-4-5-27(32-14-21)36-17-23-10-24(18-36)37(23)16-20-3-6-28(39)33-13-20/h3-6,11,13-15,19,23-24H,1-2,7-10,16-18H2,(H,33,39). The van der Waals surface area contributed by atoms with E-state index in [1.54, 1.807) is 29.2 Å². The summed E-state index contributed by atoms with van der Waals surface area (Å²) in [6.45, 7) is 4.35. The number of rotatable bonds is 8. The molecule has 4 aromatic rings. The second-order valence-corrected chi connectivity index (χ2v) is 11.0. The smallest absolute Gasteiger partial charge is 0.247 e. The van der Waals surface area contributed by atoms with Crippen molar-refractivity contribution < 1.29 is 9.53 Å². The van der Waals surface area contributed by atoms with Crippen molar-refractivity contribution in [3.05, 3.63) is 76.6 Å². The highest BCUT2D eigenvalue weighted by molar-refractivity contribution is 5.85. The Hall–Kier alpha value is -4.69. The van der Waals surface area contributed by atoms with Crippen LogP contribution < -0.4 is 15.2 Å². The number of piperazine rings is 1. The summed E-state index contributed by atoms with van der Waals surface area (Å²) >= 11 is 0. The van der Waals surface area contributed by atoms with E-state index in [1.165, 1.54) is 6.42 Å². The van der Waals surface area contributed by atoms with Gasteiger partial charge in [0.1, 0.15) is 24.2 Å². The molecule has 1 amide bonds. The summed E-state index contributed by atoms with van der Waals surface area (Å²) in [4.78, 5) is 37.6. The minimum Gasteiger partial charge on any atom is -0.490 e. The third-order valence-corrected chi connectivity index (χ3v) is 8.45. The topological polar surface area (TPSA) is 123 Å². The lowest BCUT2D eigenvalue weighted by molar-refractivity contribution is -0.128. The van der Waals surface area contributed by atoms with Crippen LogP contribution in [0.15, 0.2) is 59.9 Å². The zero-order chi connectivity index (χ0) is 27.9. The molecule has 4 aliphatic rings. The van der Waals surface area contributed by atoms with Gasteiger partial charge >= 0.3 is 0 Å². The number of carbonyl (C=O) groups excluding carboxylic acids is 1. The zero-order valence-electron chi connectivity index (χ0n) is 22.6. The number of hydrogen-bond donors (Lipinski definition) is 1. The number of fused-ring (bicyclic) bond motifs is 3. The second-order valence-electron chi connectivity index (χ2n) is 11.0. The van der Waals surface area contributed by atoms with E-state index in [1.807, 2.05) is 35.4 Å². The number of nitriles is 1. The van der Waals surface area contributed by atoms with Crippen LogP contribution in [0.3, 0.4) is 0 Å². The number of piperidine rings is 1. The lowest BCUT2D eigenvalue weighted by atomic mass is 9.87. The average Bonchev–Trinajstić information content (AvgIpc) is 3.62. The van der Waals surface area contributed by atoms with Gasteiger partial charge in [-0.3, -0.25) is 14.5 Å². The number of nitrogens with one attached hydrogen (secondary N) is 1. The Balaban J connectivity index is 1.07. The summed E-state index contributed by atoms with van der Waals surface area (Å²) in [5.41, 5.74) is 3.93. The number of H-pyrrole nitrogens is 1. The van der Waals surface area contributed by atoms with Crippen LogP contribution >= 0.6 is 0 Å². The van der Waals surface area contributed by atoms with Gasteiger partial charge in [0.05, 0.1) is 30.0 Å².